The number of hydrogen-bond acceptors (Lipinski definition) is 7. The number of carbonyl (C=O) groups excluding carboxylic acids is 1. The second-order valence-corrected chi connectivity index (χ2v) is 8.47. The van der Waals surface area contributed by atoms with Crippen LogP contribution in [0.2, 0.25) is 0 Å². The highest BCUT2D eigenvalue weighted by Crippen LogP contribution is 2.19. The number of sulfonamides is 1. The fourth-order valence-corrected chi connectivity index (χ4v) is 3.96. The molecule has 1 aromatic carbocycles. The first kappa shape index (κ1) is 19.6. The summed E-state index contributed by atoms with van der Waals surface area (Å²) in [5.41, 5.74) is -0.0415. The zero-order chi connectivity index (χ0) is 19.4. The van der Waals surface area contributed by atoms with E-state index in [0.29, 0.717) is 24.0 Å². The number of nitrogens with one attached hydrogen (secondary N) is 2. The summed E-state index contributed by atoms with van der Waals surface area (Å²) in [5, 5.41) is 14.4. The van der Waals surface area contributed by atoms with Gasteiger partial charge < -0.3 is 10.1 Å². The molecule has 1 aromatic heterocycles. The molecule has 1 unspecified atom stereocenters. The Hall–Kier alpha value is -2.15. The van der Waals surface area contributed by atoms with Gasteiger partial charge in [-0.25, -0.2) is 23.4 Å². The van der Waals surface area contributed by atoms with Crippen LogP contribution >= 0.6 is 11.8 Å². The van der Waals surface area contributed by atoms with Gasteiger partial charge in [-0.2, -0.15) is 0 Å². The topological polar surface area (TPSA) is 149 Å². The molecule has 1 aliphatic heterocycles. The van der Waals surface area contributed by atoms with E-state index < -0.39 is 10.0 Å². The molecular weight excluding hydrogens is 394 g/mol. The van der Waals surface area contributed by atoms with Gasteiger partial charge in [0.15, 0.2) is 5.16 Å². The molecule has 10 nitrogen and oxygen atoms in total. The number of anilines is 1. The molecule has 0 bridgehead atoms. The normalized spacial score (nSPS) is 17.1. The van der Waals surface area contributed by atoms with Gasteiger partial charge in [0.25, 0.3) is 0 Å². The highest BCUT2D eigenvalue weighted by molar-refractivity contribution is 7.99. The van der Waals surface area contributed by atoms with Crippen molar-refractivity contribution in [2.75, 3.05) is 17.7 Å². The highest BCUT2D eigenvalue weighted by Gasteiger charge is 2.20. The van der Waals surface area contributed by atoms with Gasteiger partial charge in [0, 0.05) is 12.3 Å². The summed E-state index contributed by atoms with van der Waals surface area (Å²) in [6, 6.07) is 5.65. The minimum Gasteiger partial charge on any atom is -0.376 e. The molecule has 3 rings (SSSR count). The van der Waals surface area contributed by atoms with E-state index in [2.05, 4.69) is 15.5 Å². The van der Waals surface area contributed by atoms with Gasteiger partial charge in [-0.3, -0.25) is 9.36 Å². The maximum absolute atomic E-state index is 12.1. The number of carbonyl (C=O) groups is 1. The molecule has 1 fully saturated rings. The third kappa shape index (κ3) is 5.19. The lowest BCUT2D eigenvalue weighted by Crippen LogP contribution is -2.25. The third-order valence-electron chi connectivity index (χ3n) is 3.91. The first-order chi connectivity index (χ1) is 12.8. The number of benzene rings is 1. The lowest BCUT2D eigenvalue weighted by atomic mass is 10.2. The molecule has 0 aliphatic carbocycles. The molecule has 12 heteroatoms. The van der Waals surface area contributed by atoms with E-state index in [-0.39, 0.29) is 28.3 Å². The lowest BCUT2D eigenvalue weighted by Gasteiger charge is -2.11. The Morgan fingerprint density at radius 1 is 1.48 bits per heavy atom. The van der Waals surface area contributed by atoms with E-state index >= 15 is 0 Å². The van der Waals surface area contributed by atoms with Gasteiger partial charge in [0.05, 0.1) is 23.3 Å². The van der Waals surface area contributed by atoms with Crippen LogP contribution in [0.5, 0.6) is 0 Å². The quantitative estimate of drug-likeness (QED) is 0.546. The smallest absolute Gasteiger partial charge is 0.344 e. The number of hydrogen-bond donors (Lipinski definition) is 3. The number of aromatic nitrogens is 3. The average Bonchev–Trinajstić information content (AvgIpc) is 3.24. The average molecular weight is 413 g/mol. The fourth-order valence-electron chi connectivity index (χ4n) is 2.64. The number of aromatic amines is 1. The lowest BCUT2D eigenvalue weighted by molar-refractivity contribution is -0.113. The van der Waals surface area contributed by atoms with Crippen molar-refractivity contribution in [1.29, 1.82) is 0 Å². The van der Waals surface area contributed by atoms with E-state index in [0.717, 1.165) is 24.6 Å². The number of amides is 1. The summed E-state index contributed by atoms with van der Waals surface area (Å²) in [4.78, 5) is 24.0. The first-order valence-corrected chi connectivity index (χ1v) is 10.7. The van der Waals surface area contributed by atoms with Crippen LogP contribution in [0.4, 0.5) is 5.69 Å². The van der Waals surface area contributed by atoms with Crippen LogP contribution in [0.1, 0.15) is 12.8 Å². The Morgan fingerprint density at radius 2 is 2.30 bits per heavy atom. The molecular formula is C15H19N5O5S2. The van der Waals surface area contributed by atoms with Crippen molar-refractivity contribution in [1.82, 2.24) is 14.8 Å². The molecule has 27 heavy (non-hydrogen) atoms. The number of rotatable bonds is 7. The zero-order valence-corrected chi connectivity index (χ0v) is 15.9. The van der Waals surface area contributed by atoms with Gasteiger partial charge in [-0.15, -0.1) is 5.10 Å². The Labute approximate surface area is 159 Å². The van der Waals surface area contributed by atoms with Gasteiger partial charge >= 0.3 is 5.69 Å². The van der Waals surface area contributed by atoms with Crippen molar-refractivity contribution >= 4 is 33.4 Å². The minimum absolute atomic E-state index is 0.00454. The third-order valence-corrected chi connectivity index (χ3v) is 5.80. The predicted molar refractivity (Wildman–Crippen MR) is 99.0 cm³/mol. The molecule has 1 aliphatic rings. The molecule has 2 heterocycles. The second-order valence-electron chi connectivity index (χ2n) is 5.97. The van der Waals surface area contributed by atoms with E-state index in [1.54, 1.807) is 6.07 Å². The van der Waals surface area contributed by atoms with Crippen LogP contribution in [-0.2, 0) is 26.1 Å². The molecule has 1 atom stereocenters. The van der Waals surface area contributed by atoms with E-state index in [1.165, 1.54) is 22.8 Å². The SMILES string of the molecule is NS(=O)(=O)c1cccc(NC(=O)CSc2n[nH]c(=O)n2CC2CCCO2)c1. The zero-order valence-electron chi connectivity index (χ0n) is 14.3. The molecule has 0 spiro atoms. The second kappa shape index (κ2) is 8.25. The van der Waals surface area contributed by atoms with Crippen molar-refractivity contribution in [3.63, 3.8) is 0 Å². The van der Waals surface area contributed by atoms with E-state index in [4.69, 9.17) is 9.88 Å². The fraction of sp³-hybridized carbons (Fsp3) is 0.400. The Kier molecular flexibility index (Phi) is 5.99. The molecule has 1 amide bonds. The van der Waals surface area contributed by atoms with Crippen LogP contribution in [-0.4, -0.2) is 47.6 Å². The summed E-state index contributed by atoms with van der Waals surface area (Å²) < 4.78 is 29.7. The number of H-pyrrole nitrogens is 1. The van der Waals surface area contributed by atoms with E-state index in [9.17, 15) is 18.0 Å². The Bertz CT molecular complexity index is 978. The number of thioether (sulfide) groups is 1. The Balaban J connectivity index is 1.61. The van der Waals surface area contributed by atoms with Crippen molar-refractivity contribution < 1.29 is 17.9 Å². The standard InChI is InChI=1S/C15H19N5O5S2/c16-27(23,24)12-5-1-3-10(7-12)17-13(21)9-26-15-19-18-14(22)20(15)8-11-4-2-6-25-11/h1,3,5,7,11H,2,4,6,8-9H2,(H,17,21)(H,18,22)(H2,16,23,24). The summed E-state index contributed by atoms with van der Waals surface area (Å²) in [6.45, 7) is 1.06. The Morgan fingerprint density at radius 3 is 3.00 bits per heavy atom. The number of nitrogens with two attached hydrogens (primary N) is 1. The van der Waals surface area contributed by atoms with Crippen molar-refractivity contribution in [2.45, 2.75) is 35.5 Å². The summed E-state index contributed by atoms with van der Waals surface area (Å²) in [7, 11) is -3.85. The summed E-state index contributed by atoms with van der Waals surface area (Å²) in [5.74, 6) is -0.374. The van der Waals surface area contributed by atoms with Crippen LogP contribution in [0.25, 0.3) is 0 Å². The first-order valence-electron chi connectivity index (χ1n) is 8.15. The van der Waals surface area contributed by atoms with Crippen molar-refractivity contribution in [3.8, 4) is 0 Å². The van der Waals surface area contributed by atoms with Gasteiger partial charge in [-0.05, 0) is 31.0 Å². The molecule has 146 valence electrons. The minimum atomic E-state index is -3.85. The van der Waals surface area contributed by atoms with Crippen molar-refractivity contribution in [2.24, 2.45) is 5.14 Å². The number of nitrogens with zero attached hydrogens (tertiary/aromatic N) is 2. The molecule has 1 saturated heterocycles. The van der Waals surface area contributed by atoms with Crippen LogP contribution in [0.15, 0.2) is 39.1 Å². The highest BCUT2D eigenvalue weighted by atomic mass is 32.2. The van der Waals surface area contributed by atoms with Gasteiger partial charge in [-0.1, -0.05) is 17.8 Å². The molecule has 2 aromatic rings. The maximum Gasteiger partial charge on any atom is 0.344 e. The molecule has 4 N–H and O–H groups in total. The predicted octanol–water partition coefficient (Wildman–Crippen LogP) is 0.129. The number of primary sulfonamides is 1. The number of ether oxygens (including phenoxy) is 1. The largest absolute Gasteiger partial charge is 0.376 e. The molecule has 0 saturated carbocycles. The summed E-state index contributed by atoms with van der Waals surface area (Å²) >= 11 is 1.10. The maximum atomic E-state index is 12.1. The van der Waals surface area contributed by atoms with Crippen LogP contribution < -0.4 is 16.1 Å². The monoisotopic (exact) mass is 413 g/mol. The van der Waals surface area contributed by atoms with Crippen LogP contribution in [0, 0.1) is 0 Å². The molecule has 0 radical (unpaired) electrons. The van der Waals surface area contributed by atoms with Crippen LogP contribution in [0.3, 0.4) is 0 Å². The van der Waals surface area contributed by atoms with Gasteiger partial charge in [0.2, 0.25) is 15.9 Å². The van der Waals surface area contributed by atoms with E-state index in [1.807, 2.05) is 0 Å². The van der Waals surface area contributed by atoms with Crippen molar-refractivity contribution in [3.05, 3.63) is 34.7 Å². The summed E-state index contributed by atoms with van der Waals surface area (Å²) in [6.07, 6.45) is 1.80. The van der Waals surface area contributed by atoms with Gasteiger partial charge in [0.1, 0.15) is 0 Å².